The van der Waals surface area contributed by atoms with Gasteiger partial charge in [-0.25, -0.2) is 4.57 Å². The number of esters is 1. The Morgan fingerprint density at radius 3 is 1.56 bits per heavy atom. The van der Waals surface area contributed by atoms with E-state index in [4.69, 9.17) is 6.85 Å². The molecule has 1 aliphatic rings. The van der Waals surface area contributed by atoms with Gasteiger partial charge in [0.2, 0.25) is 0 Å². The van der Waals surface area contributed by atoms with E-state index < -0.39 is 69.6 Å². The third-order valence-corrected chi connectivity index (χ3v) is 7.91. The van der Waals surface area contributed by atoms with E-state index in [0.717, 1.165) is 25.7 Å². The van der Waals surface area contributed by atoms with Gasteiger partial charge in [-0.15, -0.1) is 0 Å². The minimum absolute atomic E-state index is 0.298. The fourth-order valence-electron chi connectivity index (χ4n) is 4.59. The first-order valence-corrected chi connectivity index (χ1v) is 16.4. The lowest BCUT2D eigenvalue weighted by Crippen LogP contribution is -2.64. The van der Waals surface area contributed by atoms with Crippen molar-refractivity contribution >= 4 is 13.8 Å². The number of hydrogen-bond donors (Lipinski definition) is 7. The highest BCUT2D eigenvalue weighted by Crippen LogP contribution is 2.47. The van der Waals surface area contributed by atoms with Crippen LogP contribution in [-0.4, -0.2) is 97.3 Å². The van der Waals surface area contributed by atoms with Crippen molar-refractivity contribution in [2.24, 2.45) is 0 Å². The molecule has 0 aromatic carbocycles. The highest BCUT2D eigenvalue weighted by molar-refractivity contribution is 7.47. The number of phosphoric ester groups is 1. The summed E-state index contributed by atoms with van der Waals surface area (Å²) in [5, 5.41) is 59.3. The molecule has 1 saturated carbocycles. The molecular formula is C28H55O12P. The maximum Gasteiger partial charge on any atom is 0.472 e. The second-order valence-electron chi connectivity index (χ2n) is 10.7. The van der Waals surface area contributed by atoms with Gasteiger partial charge in [0.25, 0.3) is 0 Å². The molecule has 0 aromatic rings. The standard InChI is InChI=1S/C28H55O12P/c1-2-3-4-5-6-7-8-9-10-11-12-13-14-15-16-17-18-22(30)38-19-21(29)20-39-41(36,37)40-28-26(34)24(32)23(31)25(33)27(28)35/h21,23-29,31-35H,2-20H2,1H3,(H,36,37)/t21-,23?,24-,25+,26-,27-,28?/m1/s1/i19D2,20D2,21D. The molecule has 12 nitrogen and oxygen atoms in total. The molecule has 1 aliphatic carbocycles. The summed E-state index contributed by atoms with van der Waals surface area (Å²) in [6, 6.07) is 0. The van der Waals surface area contributed by atoms with Crippen LogP contribution in [0.5, 0.6) is 0 Å². The van der Waals surface area contributed by atoms with Crippen molar-refractivity contribution in [2.45, 2.75) is 159 Å². The van der Waals surface area contributed by atoms with Crippen LogP contribution in [0, 0.1) is 0 Å². The third kappa shape index (κ3) is 16.7. The van der Waals surface area contributed by atoms with Crippen LogP contribution < -0.4 is 0 Å². The topological polar surface area (TPSA) is 203 Å². The van der Waals surface area contributed by atoms with Gasteiger partial charge in [0.15, 0.2) is 0 Å². The number of phosphoric acid groups is 1. The lowest BCUT2D eigenvalue weighted by molar-refractivity contribution is -0.220. The molecule has 0 spiro atoms. The van der Waals surface area contributed by atoms with Crippen molar-refractivity contribution < 1.29 is 65.5 Å². The smallest absolute Gasteiger partial charge is 0.463 e. The highest BCUT2D eigenvalue weighted by atomic mass is 31.2. The lowest BCUT2D eigenvalue weighted by atomic mass is 9.85. The number of aliphatic hydroxyl groups excluding tert-OH is 5. The average molecular weight is 620 g/mol. The highest BCUT2D eigenvalue weighted by Gasteiger charge is 2.51. The summed E-state index contributed by atoms with van der Waals surface area (Å²) >= 11 is 0. The second kappa shape index (κ2) is 21.9. The second-order valence-corrected chi connectivity index (χ2v) is 12.0. The molecule has 0 aromatic heterocycles. The Balaban J connectivity index is 2.42. The zero-order chi connectivity index (χ0) is 35.2. The molecule has 0 bridgehead atoms. The number of carbonyl (C=O) groups is 1. The Bertz CT molecular complexity index is 915. The van der Waals surface area contributed by atoms with Gasteiger partial charge in [-0.2, -0.15) is 0 Å². The maximum absolute atomic E-state index is 12.5. The first-order valence-electron chi connectivity index (χ1n) is 17.4. The van der Waals surface area contributed by atoms with Crippen LogP contribution in [0.2, 0.25) is 0 Å². The lowest BCUT2D eigenvalue weighted by Gasteiger charge is -2.41. The number of hydrogen-bond acceptors (Lipinski definition) is 11. The summed E-state index contributed by atoms with van der Waals surface area (Å²) in [5.41, 5.74) is 0. The first-order chi connectivity index (χ1) is 21.3. The van der Waals surface area contributed by atoms with Crippen LogP contribution in [0.4, 0.5) is 0 Å². The van der Waals surface area contributed by atoms with Crippen molar-refractivity contribution in [2.75, 3.05) is 13.1 Å². The van der Waals surface area contributed by atoms with Crippen molar-refractivity contribution in [3.05, 3.63) is 0 Å². The van der Waals surface area contributed by atoms with Gasteiger partial charge in [-0.3, -0.25) is 13.8 Å². The summed E-state index contributed by atoms with van der Waals surface area (Å²) < 4.78 is 64.4. The zero-order valence-electron chi connectivity index (χ0n) is 29.1. The molecule has 7 N–H and O–H groups in total. The van der Waals surface area contributed by atoms with E-state index in [1.807, 2.05) is 0 Å². The molecule has 8 atom stereocenters. The normalized spacial score (nSPS) is 30.2. The Morgan fingerprint density at radius 1 is 0.732 bits per heavy atom. The number of unbranched alkanes of at least 4 members (excludes halogenated alkanes) is 15. The molecule has 41 heavy (non-hydrogen) atoms. The molecule has 1 fully saturated rings. The Morgan fingerprint density at radius 2 is 1.12 bits per heavy atom. The molecular weight excluding hydrogens is 559 g/mol. The monoisotopic (exact) mass is 619 g/mol. The molecule has 244 valence electrons. The molecule has 13 heteroatoms. The zero-order valence-corrected chi connectivity index (χ0v) is 25.0. The number of carbonyl (C=O) groups excluding carboxylic acids is 1. The quantitative estimate of drug-likeness (QED) is 0.0474. The van der Waals surface area contributed by atoms with E-state index in [1.54, 1.807) is 0 Å². The van der Waals surface area contributed by atoms with Crippen molar-refractivity contribution in [3.63, 3.8) is 0 Å². The predicted molar refractivity (Wildman–Crippen MR) is 152 cm³/mol. The van der Waals surface area contributed by atoms with Gasteiger partial charge >= 0.3 is 13.8 Å². The number of aliphatic hydroxyl groups is 6. The molecule has 0 amide bonds. The minimum atomic E-state index is -5.86. The van der Waals surface area contributed by atoms with Crippen LogP contribution in [0.25, 0.3) is 0 Å². The largest absolute Gasteiger partial charge is 0.472 e. The minimum Gasteiger partial charge on any atom is -0.463 e. The Labute approximate surface area is 251 Å². The number of rotatable bonds is 24. The van der Waals surface area contributed by atoms with Crippen molar-refractivity contribution in [1.82, 2.24) is 0 Å². The van der Waals surface area contributed by atoms with E-state index in [0.29, 0.717) is 12.8 Å². The van der Waals surface area contributed by atoms with E-state index in [2.05, 4.69) is 20.7 Å². The van der Waals surface area contributed by atoms with Crippen molar-refractivity contribution in [3.8, 4) is 0 Å². The number of ether oxygens (including phenoxy) is 1. The van der Waals surface area contributed by atoms with Gasteiger partial charge < -0.3 is 40.3 Å². The Hall–Kier alpha value is -0.660. The fourth-order valence-corrected chi connectivity index (χ4v) is 5.39. The van der Waals surface area contributed by atoms with E-state index in [-0.39, 0.29) is 6.42 Å². The molecule has 0 saturated heterocycles. The summed E-state index contributed by atoms with van der Waals surface area (Å²) in [5.74, 6) is -1.20. The molecule has 3 unspecified atom stereocenters. The van der Waals surface area contributed by atoms with Crippen LogP contribution in [-0.2, 0) is 23.1 Å². The first kappa shape index (κ1) is 30.4. The van der Waals surface area contributed by atoms with Crippen LogP contribution >= 0.6 is 7.82 Å². The van der Waals surface area contributed by atoms with Crippen LogP contribution in [0.1, 0.15) is 123 Å². The van der Waals surface area contributed by atoms with Gasteiger partial charge in [-0.1, -0.05) is 103 Å². The third-order valence-electron chi connectivity index (χ3n) is 7.08. The SMILES string of the molecule is [2H]C([2H])(OC(=O)CCCCCCCCCCCCCCCCCC)[C@@]([2H])(O)C([2H])([2H])OP(=O)(O)OC1[C@H](O)[C@H](O)C(O)[C@H](O)[C@H]1O. The van der Waals surface area contributed by atoms with E-state index >= 15 is 0 Å². The van der Waals surface area contributed by atoms with Crippen LogP contribution in [0.3, 0.4) is 0 Å². The van der Waals surface area contributed by atoms with E-state index in [1.165, 1.54) is 64.2 Å². The average Bonchev–Trinajstić information content (AvgIpc) is 2.96. The van der Waals surface area contributed by atoms with Crippen molar-refractivity contribution in [1.29, 1.82) is 0 Å². The molecule has 1 rings (SSSR count). The van der Waals surface area contributed by atoms with Gasteiger partial charge in [0, 0.05) is 6.42 Å². The predicted octanol–water partition coefficient (Wildman–Crippen LogP) is 2.86. The van der Waals surface area contributed by atoms with Gasteiger partial charge in [0.05, 0.1) is 13.4 Å². The fraction of sp³-hybridized carbons (Fsp3) is 0.964. The summed E-state index contributed by atoms with van der Waals surface area (Å²) in [6.07, 6.45) is 0.00846. The van der Waals surface area contributed by atoms with Gasteiger partial charge in [-0.05, 0) is 6.42 Å². The van der Waals surface area contributed by atoms with Crippen LogP contribution in [0.15, 0.2) is 0 Å². The Kier molecular flexibility index (Phi) is 16.3. The summed E-state index contributed by atoms with van der Waals surface area (Å²) in [4.78, 5) is 22.2. The van der Waals surface area contributed by atoms with E-state index in [9.17, 15) is 44.9 Å². The molecule has 0 radical (unpaired) electrons. The van der Waals surface area contributed by atoms with Gasteiger partial charge in [0.1, 0.15) is 49.3 Å². The summed E-state index contributed by atoms with van der Waals surface area (Å²) in [6.45, 7) is -5.70. The summed E-state index contributed by atoms with van der Waals surface area (Å²) in [7, 11) is -5.86. The molecule has 0 heterocycles. The molecule has 0 aliphatic heterocycles. The maximum atomic E-state index is 12.5.